The topological polar surface area (TPSA) is 9.23 Å². The van der Waals surface area contributed by atoms with E-state index < -0.39 is 0 Å². The molecule has 0 heterocycles. The fourth-order valence-corrected chi connectivity index (χ4v) is 1.09. The van der Waals surface area contributed by atoms with Crippen LogP contribution in [0, 0.1) is 0 Å². The molecule has 0 aromatic carbocycles. The molecule has 0 N–H and O–H groups in total. The summed E-state index contributed by atoms with van der Waals surface area (Å²) in [4.78, 5) is 0. The first-order valence-electron chi connectivity index (χ1n) is 3.93. The Hall–Kier alpha value is 0.0200. The van der Waals surface area contributed by atoms with Crippen LogP contribution < -0.4 is 0 Å². The van der Waals surface area contributed by atoms with Crippen LogP contribution in [0.5, 0.6) is 0 Å². The Labute approximate surface area is 78.0 Å². The standard InChI is InChI=1S/C9H17BrO/c1-5-6-8(7-10)11-9(2,3)4/h6H,5,7H2,1-4H3. The average Bonchev–Trinajstić information content (AvgIpc) is 1.84. The van der Waals surface area contributed by atoms with Crippen LogP contribution in [0.25, 0.3) is 0 Å². The van der Waals surface area contributed by atoms with Crippen molar-refractivity contribution in [2.45, 2.75) is 39.7 Å². The van der Waals surface area contributed by atoms with Crippen LogP contribution in [-0.4, -0.2) is 10.9 Å². The van der Waals surface area contributed by atoms with Gasteiger partial charge in [0.15, 0.2) is 0 Å². The van der Waals surface area contributed by atoms with E-state index in [2.05, 4.69) is 49.7 Å². The van der Waals surface area contributed by atoms with E-state index in [4.69, 9.17) is 4.74 Å². The second-order valence-electron chi connectivity index (χ2n) is 3.43. The number of allylic oxidation sites excluding steroid dienone is 2. The molecule has 1 nitrogen and oxygen atoms in total. The Morgan fingerprint density at radius 3 is 2.27 bits per heavy atom. The van der Waals surface area contributed by atoms with E-state index in [1.54, 1.807) is 0 Å². The average molecular weight is 221 g/mol. The molecule has 0 fully saturated rings. The highest BCUT2D eigenvalue weighted by atomic mass is 79.9. The minimum atomic E-state index is -0.0746. The maximum Gasteiger partial charge on any atom is 0.103 e. The van der Waals surface area contributed by atoms with Crippen molar-refractivity contribution in [1.29, 1.82) is 0 Å². The van der Waals surface area contributed by atoms with Crippen molar-refractivity contribution in [3.63, 3.8) is 0 Å². The molecule has 0 saturated carbocycles. The lowest BCUT2D eigenvalue weighted by atomic mass is 10.2. The fourth-order valence-electron chi connectivity index (χ4n) is 0.744. The van der Waals surface area contributed by atoms with E-state index in [0.29, 0.717) is 0 Å². The van der Waals surface area contributed by atoms with Crippen molar-refractivity contribution in [2.24, 2.45) is 0 Å². The van der Waals surface area contributed by atoms with Crippen LogP contribution in [-0.2, 0) is 4.74 Å². The van der Waals surface area contributed by atoms with Crippen LogP contribution in [0.2, 0.25) is 0 Å². The first kappa shape index (κ1) is 11.0. The van der Waals surface area contributed by atoms with Crippen LogP contribution in [0.1, 0.15) is 34.1 Å². The molecule has 11 heavy (non-hydrogen) atoms. The molecule has 0 amide bonds. The molecule has 0 aliphatic heterocycles. The van der Waals surface area contributed by atoms with Gasteiger partial charge in [0.05, 0.1) is 5.33 Å². The van der Waals surface area contributed by atoms with Crippen molar-refractivity contribution in [3.8, 4) is 0 Å². The van der Waals surface area contributed by atoms with Crippen molar-refractivity contribution < 1.29 is 4.74 Å². The molecule has 0 saturated heterocycles. The third-order valence-electron chi connectivity index (χ3n) is 1.00. The van der Waals surface area contributed by atoms with E-state index >= 15 is 0 Å². The SMILES string of the molecule is CCC=C(CBr)OC(C)(C)C. The summed E-state index contributed by atoms with van der Waals surface area (Å²) < 4.78 is 5.64. The lowest BCUT2D eigenvalue weighted by molar-refractivity contribution is 0.0542. The minimum absolute atomic E-state index is 0.0746. The molecule has 2 heteroatoms. The Balaban J connectivity index is 3.99. The fraction of sp³-hybridized carbons (Fsp3) is 0.778. The van der Waals surface area contributed by atoms with Crippen molar-refractivity contribution in [2.75, 3.05) is 5.33 Å². The van der Waals surface area contributed by atoms with Gasteiger partial charge in [-0.3, -0.25) is 0 Å². The Morgan fingerprint density at radius 2 is 2.00 bits per heavy atom. The van der Waals surface area contributed by atoms with Crippen LogP contribution in [0.15, 0.2) is 11.8 Å². The van der Waals surface area contributed by atoms with Gasteiger partial charge in [-0.2, -0.15) is 0 Å². The van der Waals surface area contributed by atoms with Gasteiger partial charge in [0, 0.05) is 0 Å². The molecular formula is C9H17BrO. The zero-order valence-corrected chi connectivity index (χ0v) is 9.36. The number of ether oxygens (including phenoxy) is 1. The van der Waals surface area contributed by atoms with E-state index in [-0.39, 0.29) is 5.60 Å². The van der Waals surface area contributed by atoms with Crippen LogP contribution in [0.4, 0.5) is 0 Å². The van der Waals surface area contributed by atoms with Crippen LogP contribution >= 0.6 is 15.9 Å². The lowest BCUT2D eigenvalue weighted by Gasteiger charge is -2.22. The number of halogens is 1. The Bertz CT molecular complexity index is 133. The van der Waals surface area contributed by atoms with Gasteiger partial charge in [0.25, 0.3) is 0 Å². The third kappa shape index (κ3) is 6.42. The summed E-state index contributed by atoms with van der Waals surface area (Å²) in [6, 6.07) is 0. The molecule has 0 aromatic rings. The molecule has 0 unspecified atom stereocenters. The molecule has 0 aliphatic rings. The van der Waals surface area contributed by atoms with Gasteiger partial charge in [-0.05, 0) is 33.3 Å². The molecule has 0 radical (unpaired) electrons. The predicted octanol–water partition coefficient (Wildman–Crippen LogP) is 3.49. The molecule has 0 aliphatic carbocycles. The first-order valence-corrected chi connectivity index (χ1v) is 5.05. The summed E-state index contributed by atoms with van der Waals surface area (Å²) >= 11 is 3.38. The largest absolute Gasteiger partial charge is 0.492 e. The monoisotopic (exact) mass is 220 g/mol. The number of rotatable bonds is 3. The first-order chi connectivity index (χ1) is 4.99. The quantitative estimate of drug-likeness (QED) is 0.523. The summed E-state index contributed by atoms with van der Waals surface area (Å²) in [5, 5.41) is 0.804. The second kappa shape index (κ2) is 4.81. The minimum Gasteiger partial charge on any atom is -0.492 e. The highest BCUT2D eigenvalue weighted by molar-refractivity contribution is 9.09. The van der Waals surface area contributed by atoms with Crippen molar-refractivity contribution in [1.82, 2.24) is 0 Å². The van der Waals surface area contributed by atoms with E-state index in [1.807, 2.05) is 0 Å². The summed E-state index contributed by atoms with van der Waals surface area (Å²) in [5.41, 5.74) is -0.0746. The summed E-state index contributed by atoms with van der Waals surface area (Å²) in [6.45, 7) is 8.27. The van der Waals surface area contributed by atoms with E-state index in [1.165, 1.54) is 0 Å². The van der Waals surface area contributed by atoms with Crippen LogP contribution in [0.3, 0.4) is 0 Å². The lowest BCUT2D eigenvalue weighted by Crippen LogP contribution is -2.19. The molecular weight excluding hydrogens is 204 g/mol. The van der Waals surface area contributed by atoms with E-state index in [0.717, 1.165) is 17.5 Å². The Morgan fingerprint density at radius 1 is 1.45 bits per heavy atom. The molecule has 0 aromatic heterocycles. The van der Waals surface area contributed by atoms with Crippen molar-refractivity contribution >= 4 is 15.9 Å². The van der Waals surface area contributed by atoms with Gasteiger partial charge in [0.1, 0.15) is 11.4 Å². The molecule has 0 spiro atoms. The third-order valence-corrected chi connectivity index (χ3v) is 1.55. The maximum atomic E-state index is 5.64. The van der Waals surface area contributed by atoms with Gasteiger partial charge >= 0.3 is 0 Å². The van der Waals surface area contributed by atoms with Gasteiger partial charge in [-0.15, -0.1) is 0 Å². The predicted molar refractivity (Wildman–Crippen MR) is 53.0 cm³/mol. The Kier molecular flexibility index (Phi) is 4.82. The number of hydrogen-bond donors (Lipinski definition) is 0. The van der Waals surface area contributed by atoms with Gasteiger partial charge in [-0.1, -0.05) is 22.9 Å². The molecule has 66 valence electrons. The second-order valence-corrected chi connectivity index (χ2v) is 3.99. The normalized spacial score (nSPS) is 13.4. The summed E-state index contributed by atoms with van der Waals surface area (Å²) in [6.07, 6.45) is 3.12. The smallest absolute Gasteiger partial charge is 0.103 e. The molecule has 0 atom stereocenters. The number of alkyl halides is 1. The zero-order chi connectivity index (χ0) is 8.91. The maximum absolute atomic E-state index is 5.64. The van der Waals surface area contributed by atoms with Gasteiger partial charge < -0.3 is 4.74 Å². The van der Waals surface area contributed by atoms with Gasteiger partial charge in [0.2, 0.25) is 0 Å². The van der Waals surface area contributed by atoms with Gasteiger partial charge in [-0.25, -0.2) is 0 Å². The number of hydrogen-bond acceptors (Lipinski definition) is 1. The zero-order valence-electron chi connectivity index (χ0n) is 7.78. The summed E-state index contributed by atoms with van der Waals surface area (Å²) in [5.74, 6) is 1.03. The molecule has 0 rings (SSSR count). The van der Waals surface area contributed by atoms with Crippen molar-refractivity contribution in [3.05, 3.63) is 11.8 Å². The highest BCUT2D eigenvalue weighted by Crippen LogP contribution is 2.15. The van der Waals surface area contributed by atoms with E-state index in [9.17, 15) is 0 Å². The summed E-state index contributed by atoms with van der Waals surface area (Å²) in [7, 11) is 0. The molecule has 0 bridgehead atoms. The highest BCUT2D eigenvalue weighted by Gasteiger charge is 2.11.